The summed E-state index contributed by atoms with van der Waals surface area (Å²) in [5.74, 6) is 0. The van der Waals surface area contributed by atoms with E-state index in [0.717, 1.165) is 34.8 Å². The zero-order valence-electron chi connectivity index (χ0n) is 43.7. The fourth-order valence-electron chi connectivity index (χ4n) is 13.2. The summed E-state index contributed by atoms with van der Waals surface area (Å²) in [6.07, 6.45) is 2.27. The summed E-state index contributed by atoms with van der Waals surface area (Å²) in [6.45, 7) is 28.5. The van der Waals surface area contributed by atoms with Crippen molar-refractivity contribution in [2.75, 3.05) is 9.71 Å². The molecular weight excluding hydrogens is 860 g/mol. The molecule has 8 aromatic carbocycles. The molecule has 0 N–H and O–H groups in total. The van der Waals surface area contributed by atoms with Crippen molar-refractivity contribution in [3.05, 3.63) is 185 Å². The molecule has 71 heavy (non-hydrogen) atoms. The second kappa shape index (κ2) is 14.7. The molecule has 0 amide bonds. The van der Waals surface area contributed by atoms with Crippen molar-refractivity contribution >= 4 is 68.1 Å². The molecule has 2 aliphatic heterocycles. The van der Waals surface area contributed by atoms with Gasteiger partial charge in [0.15, 0.2) is 0 Å². The summed E-state index contributed by atoms with van der Waals surface area (Å²) in [4.78, 5) is 5.43. The maximum atomic E-state index is 7.30. The van der Waals surface area contributed by atoms with E-state index in [4.69, 9.17) is 4.42 Å². The minimum absolute atomic E-state index is 0.00288. The number of benzene rings is 8. The van der Waals surface area contributed by atoms with Crippen LogP contribution < -0.4 is 20.6 Å². The van der Waals surface area contributed by atoms with E-state index in [1.54, 1.807) is 0 Å². The highest BCUT2D eigenvalue weighted by molar-refractivity contribution is 6.94. The molecule has 13 rings (SSSR count). The van der Waals surface area contributed by atoms with Crippen LogP contribution in [0.4, 0.5) is 28.4 Å². The van der Waals surface area contributed by atoms with Crippen LogP contribution in [0.3, 0.4) is 0 Å². The van der Waals surface area contributed by atoms with E-state index in [1.165, 1.54) is 106 Å². The Labute approximate surface area is 421 Å². The van der Waals surface area contributed by atoms with Crippen molar-refractivity contribution in [3.8, 4) is 33.4 Å². The molecule has 9 aromatic rings. The highest BCUT2D eigenvalue weighted by Crippen LogP contribution is 2.59. The number of anilines is 5. The number of hydrogen-bond acceptors (Lipinski definition) is 3. The van der Waals surface area contributed by atoms with Gasteiger partial charge in [0.05, 0.1) is 11.4 Å². The average molecular weight is 925 g/mol. The predicted molar refractivity (Wildman–Crippen MR) is 303 cm³/mol. The van der Waals surface area contributed by atoms with Crippen LogP contribution in [-0.2, 0) is 27.1 Å². The Hall–Kier alpha value is -6.78. The molecule has 0 radical (unpaired) electrons. The Bertz CT molecular complexity index is 3710. The number of para-hydroxylation sites is 1. The Morgan fingerprint density at radius 2 is 1.14 bits per heavy atom. The first-order valence-electron chi connectivity index (χ1n) is 26.1. The van der Waals surface area contributed by atoms with E-state index < -0.39 is 0 Å². The molecule has 4 aliphatic rings. The topological polar surface area (TPSA) is 19.6 Å². The van der Waals surface area contributed by atoms with E-state index in [0.29, 0.717) is 0 Å². The van der Waals surface area contributed by atoms with Gasteiger partial charge in [-0.3, -0.25) is 0 Å². The van der Waals surface area contributed by atoms with Gasteiger partial charge in [0, 0.05) is 55.5 Å². The third kappa shape index (κ3) is 6.28. The SMILES string of the molecule is CC(C)(C)c1ccc(N2B3c4ccc5c(c4N(c4ccc(C(C)(C)C)cc4-c4ccccc4)c4cc6c(oc7ccccc76)c(c43)-c3cc4c(cc32)C(C)(C)CCC4(C)C)-c2ccccc2C5(C)C)cc1. The van der Waals surface area contributed by atoms with E-state index in [1.807, 2.05) is 0 Å². The van der Waals surface area contributed by atoms with Crippen molar-refractivity contribution in [2.45, 2.75) is 123 Å². The number of nitrogens with zero attached hydrogens (tertiary/aromatic N) is 2. The lowest BCUT2D eigenvalue weighted by Gasteiger charge is -2.48. The number of furan rings is 1. The van der Waals surface area contributed by atoms with Gasteiger partial charge in [-0.2, -0.15) is 0 Å². The monoisotopic (exact) mass is 925 g/mol. The van der Waals surface area contributed by atoms with E-state index in [9.17, 15) is 0 Å². The zero-order valence-corrected chi connectivity index (χ0v) is 43.7. The number of fused-ring (bicyclic) bond motifs is 13. The lowest BCUT2D eigenvalue weighted by molar-refractivity contribution is 0.332. The second-order valence-electron chi connectivity index (χ2n) is 25.2. The summed E-state index contributed by atoms with van der Waals surface area (Å²) >= 11 is 0. The van der Waals surface area contributed by atoms with Crippen molar-refractivity contribution < 1.29 is 4.42 Å². The average Bonchev–Trinajstić information content (AvgIpc) is 3.83. The van der Waals surface area contributed by atoms with Crippen molar-refractivity contribution in [2.24, 2.45) is 0 Å². The predicted octanol–water partition coefficient (Wildman–Crippen LogP) is 17.2. The molecule has 1 aromatic heterocycles. The first kappa shape index (κ1) is 44.2. The Morgan fingerprint density at radius 3 is 1.86 bits per heavy atom. The number of hydrogen-bond donors (Lipinski definition) is 0. The van der Waals surface area contributed by atoms with Gasteiger partial charge >= 0.3 is 6.85 Å². The second-order valence-corrected chi connectivity index (χ2v) is 25.2. The highest BCUT2D eigenvalue weighted by atomic mass is 16.3. The van der Waals surface area contributed by atoms with Crippen LogP contribution in [0, 0.1) is 0 Å². The summed E-state index contributed by atoms with van der Waals surface area (Å²) in [6, 6.07) is 58.6. The van der Waals surface area contributed by atoms with Crippen LogP contribution in [0.5, 0.6) is 0 Å². The summed E-state index contributed by atoms with van der Waals surface area (Å²) in [7, 11) is 0. The molecule has 3 nitrogen and oxygen atoms in total. The molecule has 0 atom stereocenters. The van der Waals surface area contributed by atoms with Crippen molar-refractivity contribution in [1.82, 2.24) is 0 Å². The first-order chi connectivity index (χ1) is 33.7. The Kier molecular flexibility index (Phi) is 9.12. The van der Waals surface area contributed by atoms with E-state index in [-0.39, 0.29) is 33.9 Å². The molecule has 0 saturated carbocycles. The van der Waals surface area contributed by atoms with Gasteiger partial charge in [0.1, 0.15) is 11.2 Å². The zero-order chi connectivity index (χ0) is 49.3. The molecule has 352 valence electrons. The molecule has 0 bridgehead atoms. The lowest BCUT2D eigenvalue weighted by atomic mass is 9.42. The van der Waals surface area contributed by atoms with Crippen LogP contribution in [0.1, 0.15) is 129 Å². The Morgan fingerprint density at radius 1 is 0.493 bits per heavy atom. The molecule has 0 spiro atoms. The van der Waals surface area contributed by atoms with Crippen molar-refractivity contribution in [1.29, 1.82) is 0 Å². The third-order valence-electron chi connectivity index (χ3n) is 17.4. The largest absolute Gasteiger partial charge is 0.455 e. The summed E-state index contributed by atoms with van der Waals surface area (Å²) in [5.41, 5.74) is 26.1. The maximum absolute atomic E-state index is 7.30. The van der Waals surface area contributed by atoms with Gasteiger partial charge in [0.25, 0.3) is 0 Å². The molecular formula is C67H65BN2O. The van der Waals surface area contributed by atoms with Gasteiger partial charge in [-0.25, -0.2) is 0 Å². The van der Waals surface area contributed by atoms with Gasteiger partial charge in [-0.05, 0) is 138 Å². The molecule has 0 saturated heterocycles. The quantitative estimate of drug-likeness (QED) is 0.165. The molecule has 3 heterocycles. The molecule has 2 aliphatic carbocycles. The van der Waals surface area contributed by atoms with Crippen LogP contribution in [0.25, 0.3) is 55.3 Å². The van der Waals surface area contributed by atoms with Crippen LogP contribution in [0.15, 0.2) is 156 Å². The number of rotatable bonds is 3. The normalized spacial score (nSPS) is 16.9. The highest BCUT2D eigenvalue weighted by Gasteiger charge is 2.51. The maximum Gasteiger partial charge on any atom is 0.333 e. The fourth-order valence-corrected chi connectivity index (χ4v) is 13.2. The van der Waals surface area contributed by atoms with Crippen LogP contribution in [0.2, 0.25) is 0 Å². The van der Waals surface area contributed by atoms with Crippen LogP contribution in [-0.4, -0.2) is 6.85 Å². The van der Waals surface area contributed by atoms with Gasteiger partial charge < -0.3 is 14.1 Å². The minimum atomic E-state index is -0.208. The van der Waals surface area contributed by atoms with Gasteiger partial charge in [0.2, 0.25) is 0 Å². The molecule has 0 fully saturated rings. The van der Waals surface area contributed by atoms with E-state index in [2.05, 4.69) is 244 Å². The minimum Gasteiger partial charge on any atom is -0.455 e. The summed E-state index contributed by atoms with van der Waals surface area (Å²) < 4.78 is 7.30. The van der Waals surface area contributed by atoms with Crippen LogP contribution >= 0.6 is 0 Å². The van der Waals surface area contributed by atoms with Gasteiger partial charge in [-0.15, -0.1) is 0 Å². The molecule has 4 heteroatoms. The van der Waals surface area contributed by atoms with Gasteiger partial charge in [-0.1, -0.05) is 186 Å². The fraction of sp³-hybridized carbons (Fsp3) is 0.284. The Balaban J connectivity index is 1.25. The third-order valence-corrected chi connectivity index (χ3v) is 17.4. The van der Waals surface area contributed by atoms with E-state index >= 15 is 0 Å². The van der Waals surface area contributed by atoms with Crippen molar-refractivity contribution in [3.63, 3.8) is 0 Å². The first-order valence-corrected chi connectivity index (χ1v) is 26.1. The lowest BCUT2D eigenvalue weighted by Crippen LogP contribution is -2.62. The standard InChI is InChI=1S/C67H65BN2O/c1-63(2,3)41-26-29-43(30-27-41)70-55-39-52-51(65(7,8)34-35-66(52,9)10)37-48(55)59-60-56(38-47-44-22-17-19-25-57(44)71-62(47)59)69(54-33-28-42(64(4,5)6)36-46(54)40-20-14-13-15-21-40)61-53(68(60)70)32-31-50-58(61)45-23-16-18-24-49(45)67(50,11)12/h13-33,36-39H,34-35H2,1-12H3. The molecule has 0 unspecified atom stereocenters. The summed E-state index contributed by atoms with van der Waals surface area (Å²) in [5, 5.41) is 2.29. The smallest absolute Gasteiger partial charge is 0.333 e.